The molecule has 0 bridgehead atoms. The zero-order chi connectivity index (χ0) is 14.0. The molecule has 0 heterocycles. The summed E-state index contributed by atoms with van der Waals surface area (Å²) in [6.45, 7) is 2.13. The van der Waals surface area contributed by atoms with Gasteiger partial charge in [0.2, 0.25) is 0 Å². The molecular formula is C15H22BrNO2. The van der Waals surface area contributed by atoms with Crippen LogP contribution in [0.25, 0.3) is 0 Å². The first kappa shape index (κ1) is 14.7. The first-order valence-electron chi connectivity index (χ1n) is 6.80. The lowest BCUT2D eigenvalue weighted by molar-refractivity contribution is 0.347. The van der Waals surface area contributed by atoms with Gasteiger partial charge in [-0.3, -0.25) is 0 Å². The zero-order valence-corrected chi connectivity index (χ0v) is 13.5. The molecule has 4 heteroatoms. The van der Waals surface area contributed by atoms with Gasteiger partial charge in [-0.15, -0.1) is 0 Å². The highest BCUT2D eigenvalue weighted by Crippen LogP contribution is 2.47. The van der Waals surface area contributed by atoms with Crippen LogP contribution in [0.3, 0.4) is 0 Å². The summed E-state index contributed by atoms with van der Waals surface area (Å²) in [6, 6.07) is 1.97. The number of halogens is 1. The molecule has 0 spiro atoms. The van der Waals surface area contributed by atoms with Gasteiger partial charge in [0.15, 0.2) is 11.5 Å². The van der Waals surface area contributed by atoms with Crippen LogP contribution >= 0.6 is 15.9 Å². The molecule has 0 atom stereocenters. The summed E-state index contributed by atoms with van der Waals surface area (Å²) in [5.74, 6) is 1.58. The van der Waals surface area contributed by atoms with Crippen LogP contribution in [0, 0.1) is 0 Å². The second-order valence-electron chi connectivity index (χ2n) is 5.16. The molecule has 1 aromatic carbocycles. The van der Waals surface area contributed by atoms with E-state index in [-0.39, 0.29) is 5.54 Å². The maximum Gasteiger partial charge on any atom is 0.164 e. The minimum atomic E-state index is -0.232. The van der Waals surface area contributed by atoms with Crippen molar-refractivity contribution in [3.63, 3.8) is 0 Å². The Labute approximate surface area is 123 Å². The van der Waals surface area contributed by atoms with Crippen molar-refractivity contribution in [2.75, 3.05) is 14.2 Å². The first-order valence-corrected chi connectivity index (χ1v) is 7.59. The summed E-state index contributed by atoms with van der Waals surface area (Å²) in [5, 5.41) is 0. The van der Waals surface area contributed by atoms with E-state index in [1.165, 1.54) is 18.4 Å². The molecule has 2 rings (SSSR count). The SMILES string of the molecule is CCc1c(OC)c(OC)cc(Br)c1C1(N)CCCC1. The minimum absolute atomic E-state index is 0.232. The topological polar surface area (TPSA) is 44.5 Å². The van der Waals surface area contributed by atoms with Crippen molar-refractivity contribution in [1.29, 1.82) is 0 Å². The average molecular weight is 328 g/mol. The van der Waals surface area contributed by atoms with Crippen LogP contribution in [0.4, 0.5) is 0 Å². The number of hydrogen-bond donors (Lipinski definition) is 1. The molecule has 0 amide bonds. The summed E-state index contributed by atoms with van der Waals surface area (Å²) < 4.78 is 12.0. The standard InChI is InChI=1S/C15H22BrNO2/c1-4-10-13(15(17)7-5-6-8-15)11(16)9-12(18-2)14(10)19-3/h9H,4-8,17H2,1-3H3. The maximum atomic E-state index is 6.65. The predicted molar refractivity (Wildman–Crippen MR) is 81.0 cm³/mol. The number of benzene rings is 1. The van der Waals surface area contributed by atoms with Gasteiger partial charge in [0.05, 0.1) is 14.2 Å². The quantitative estimate of drug-likeness (QED) is 0.915. The van der Waals surface area contributed by atoms with Crippen molar-refractivity contribution in [2.24, 2.45) is 5.73 Å². The van der Waals surface area contributed by atoms with Crippen molar-refractivity contribution in [1.82, 2.24) is 0 Å². The van der Waals surface area contributed by atoms with Crippen molar-refractivity contribution >= 4 is 15.9 Å². The molecule has 1 aliphatic rings. The highest BCUT2D eigenvalue weighted by atomic mass is 79.9. The Kier molecular flexibility index (Phi) is 4.41. The number of methoxy groups -OCH3 is 2. The van der Waals surface area contributed by atoms with Gasteiger partial charge in [0.1, 0.15) is 0 Å². The van der Waals surface area contributed by atoms with Crippen molar-refractivity contribution in [3.8, 4) is 11.5 Å². The lowest BCUT2D eigenvalue weighted by Gasteiger charge is -2.30. The number of ether oxygens (including phenoxy) is 2. The molecule has 0 unspecified atom stereocenters. The van der Waals surface area contributed by atoms with E-state index in [4.69, 9.17) is 15.2 Å². The van der Waals surface area contributed by atoms with E-state index in [1.54, 1.807) is 14.2 Å². The number of rotatable bonds is 4. The second kappa shape index (κ2) is 5.71. The minimum Gasteiger partial charge on any atom is -0.493 e. The van der Waals surface area contributed by atoms with E-state index in [2.05, 4.69) is 22.9 Å². The molecule has 1 aliphatic carbocycles. The van der Waals surface area contributed by atoms with E-state index in [1.807, 2.05) is 6.07 Å². The Hall–Kier alpha value is -0.740. The third-order valence-corrected chi connectivity index (χ3v) is 4.69. The first-order chi connectivity index (χ1) is 9.07. The smallest absolute Gasteiger partial charge is 0.164 e. The summed E-state index contributed by atoms with van der Waals surface area (Å²) in [6.07, 6.45) is 5.34. The molecule has 2 N–H and O–H groups in total. The van der Waals surface area contributed by atoms with Crippen LogP contribution in [-0.2, 0) is 12.0 Å². The van der Waals surface area contributed by atoms with Crippen molar-refractivity contribution < 1.29 is 9.47 Å². The van der Waals surface area contributed by atoms with E-state index < -0.39 is 0 Å². The van der Waals surface area contributed by atoms with Crippen LogP contribution in [0.1, 0.15) is 43.7 Å². The molecule has 1 saturated carbocycles. The van der Waals surface area contributed by atoms with Gasteiger partial charge < -0.3 is 15.2 Å². The third kappa shape index (κ3) is 2.48. The van der Waals surface area contributed by atoms with Gasteiger partial charge in [-0.1, -0.05) is 35.7 Å². The normalized spacial score (nSPS) is 17.5. The predicted octanol–water partition coefficient (Wildman–Crippen LogP) is 3.76. The molecule has 0 radical (unpaired) electrons. The Balaban J connectivity index is 2.65. The van der Waals surface area contributed by atoms with E-state index >= 15 is 0 Å². The molecule has 3 nitrogen and oxygen atoms in total. The van der Waals surface area contributed by atoms with E-state index in [9.17, 15) is 0 Å². The second-order valence-corrected chi connectivity index (χ2v) is 6.02. The Morgan fingerprint density at radius 1 is 1.26 bits per heavy atom. The van der Waals surface area contributed by atoms with Gasteiger partial charge in [0, 0.05) is 15.6 Å². The summed E-state index contributed by atoms with van der Waals surface area (Å²) in [5.41, 5.74) is 8.78. The van der Waals surface area contributed by atoms with Crippen LogP contribution in [0.2, 0.25) is 0 Å². The average Bonchev–Trinajstić information content (AvgIpc) is 2.84. The Bertz CT molecular complexity index is 468. The molecule has 0 saturated heterocycles. The fourth-order valence-corrected chi connectivity index (χ4v) is 4.01. The van der Waals surface area contributed by atoms with Gasteiger partial charge >= 0.3 is 0 Å². The number of hydrogen-bond acceptors (Lipinski definition) is 3. The van der Waals surface area contributed by atoms with E-state index in [0.29, 0.717) is 0 Å². The summed E-state index contributed by atoms with van der Waals surface area (Å²) >= 11 is 3.67. The lowest BCUT2D eigenvalue weighted by Crippen LogP contribution is -2.35. The van der Waals surface area contributed by atoms with Crippen LogP contribution in [0.5, 0.6) is 11.5 Å². The van der Waals surface area contributed by atoms with Gasteiger partial charge in [-0.2, -0.15) is 0 Å². The van der Waals surface area contributed by atoms with Gasteiger partial charge in [-0.05, 0) is 30.9 Å². The van der Waals surface area contributed by atoms with Crippen molar-refractivity contribution in [3.05, 3.63) is 21.7 Å². The highest BCUT2D eigenvalue weighted by molar-refractivity contribution is 9.10. The molecule has 0 aliphatic heterocycles. The molecule has 19 heavy (non-hydrogen) atoms. The van der Waals surface area contributed by atoms with Crippen LogP contribution < -0.4 is 15.2 Å². The maximum absolute atomic E-state index is 6.65. The van der Waals surface area contributed by atoms with Gasteiger partial charge in [0.25, 0.3) is 0 Å². The fourth-order valence-electron chi connectivity index (χ4n) is 3.17. The Morgan fingerprint density at radius 3 is 2.37 bits per heavy atom. The molecule has 0 aromatic heterocycles. The third-order valence-electron chi connectivity index (χ3n) is 4.07. The molecule has 1 fully saturated rings. The number of nitrogens with two attached hydrogens (primary N) is 1. The van der Waals surface area contributed by atoms with Crippen LogP contribution in [0.15, 0.2) is 10.5 Å². The molecular weight excluding hydrogens is 306 g/mol. The fraction of sp³-hybridized carbons (Fsp3) is 0.600. The molecule has 1 aromatic rings. The van der Waals surface area contributed by atoms with Crippen LogP contribution in [-0.4, -0.2) is 14.2 Å². The zero-order valence-electron chi connectivity index (χ0n) is 11.9. The van der Waals surface area contributed by atoms with Gasteiger partial charge in [-0.25, -0.2) is 0 Å². The summed E-state index contributed by atoms with van der Waals surface area (Å²) in [4.78, 5) is 0. The highest BCUT2D eigenvalue weighted by Gasteiger charge is 2.36. The lowest BCUT2D eigenvalue weighted by atomic mass is 9.84. The Morgan fingerprint density at radius 2 is 1.89 bits per heavy atom. The summed E-state index contributed by atoms with van der Waals surface area (Å²) in [7, 11) is 3.35. The molecule has 106 valence electrons. The van der Waals surface area contributed by atoms with E-state index in [0.717, 1.165) is 40.8 Å². The monoisotopic (exact) mass is 327 g/mol. The van der Waals surface area contributed by atoms with Crippen molar-refractivity contribution in [2.45, 2.75) is 44.6 Å². The largest absolute Gasteiger partial charge is 0.493 e.